The predicted molar refractivity (Wildman–Crippen MR) is 117 cm³/mol. The first-order chi connectivity index (χ1) is 15.0. The minimum atomic E-state index is -0.571. The zero-order valence-corrected chi connectivity index (χ0v) is 17.1. The lowest BCUT2D eigenvalue weighted by Crippen LogP contribution is -2.28. The summed E-state index contributed by atoms with van der Waals surface area (Å²) in [6, 6.07) is 7.29. The van der Waals surface area contributed by atoms with Gasteiger partial charge in [0, 0.05) is 46.0 Å². The maximum atomic E-state index is 12.1. The van der Waals surface area contributed by atoms with Crippen LogP contribution in [0.2, 0.25) is 0 Å². The number of fused-ring (bicyclic) bond motifs is 1. The van der Waals surface area contributed by atoms with Crippen LogP contribution >= 0.6 is 0 Å². The van der Waals surface area contributed by atoms with Crippen molar-refractivity contribution >= 4 is 22.5 Å². The van der Waals surface area contributed by atoms with Crippen LogP contribution in [0, 0.1) is 0 Å². The van der Waals surface area contributed by atoms with Gasteiger partial charge in [0.25, 0.3) is 11.5 Å². The Hall–Kier alpha value is -3.32. The molecule has 1 aliphatic rings. The van der Waals surface area contributed by atoms with E-state index in [0.29, 0.717) is 29.7 Å². The Morgan fingerprint density at radius 1 is 1.30 bits per heavy atom. The Labute approximate surface area is 176 Å². The van der Waals surface area contributed by atoms with Crippen LogP contribution in [0.3, 0.4) is 0 Å². The monoisotopic (exact) mass is 404 g/mol. The fourth-order valence-electron chi connectivity index (χ4n) is 3.59. The van der Waals surface area contributed by atoms with Crippen LogP contribution in [0.25, 0.3) is 16.6 Å². The maximum Gasteiger partial charge on any atom is 0.269 e. The molecule has 0 fully saturated rings. The van der Waals surface area contributed by atoms with Gasteiger partial charge in [0.2, 0.25) is 0 Å². The molecule has 1 atom stereocenters. The van der Waals surface area contributed by atoms with Gasteiger partial charge in [-0.2, -0.15) is 0 Å². The summed E-state index contributed by atoms with van der Waals surface area (Å²) in [6.07, 6.45) is 6.98. The zero-order chi connectivity index (χ0) is 22.0. The molecule has 7 heteroatoms. The minimum Gasteiger partial charge on any atom is -0.354 e. The molecule has 0 aromatic carbocycles. The van der Waals surface area contributed by atoms with Crippen LogP contribution in [0.5, 0.6) is 0 Å². The van der Waals surface area contributed by atoms with E-state index < -0.39 is 6.52 Å². The number of hydrogen-bond donors (Lipinski definition) is 2. The number of carbonyl (C=O) groups is 1. The third kappa shape index (κ3) is 4.16. The summed E-state index contributed by atoms with van der Waals surface area (Å²) >= 11 is 0. The SMILES string of the molecule is [2H]C(c1cnc2cc(CC)c(=O)[nH]c2c1)N1CC=C(c2ccc(C(=O)NC)nc2)CC1. The summed E-state index contributed by atoms with van der Waals surface area (Å²) < 4.78 is 8.69. The largest absolute Gasteiger partial charge is 0.354 e. The summed E-state index contributed by atoms with van der Waals surface area (Å²) in [5.41, 5.74) is 5.30. The first-order valence-electron chi connectivity index (χ1n) is 10.6. The van der Waals surface area contributed by atoms with Crippen molar-refractivity contribution in [1.82, 2.24) is 25.2 Å². The van der Waals surface area contributed by atoms with Gasteiger partial charge < -0.3 is 10.3 Å². The molecule has 3 aromatic heterocycles. The molecule has 1 amide bonds. The molecule has 0 saturated carbocycles. The summed E-state index contributed by atoms with van der Waals surface area (Å²) in [5.74, 6) is -0.205. The van der Waals surface area contributed by atoms with Gasteiger partial charge in [-0.1, -0.05) is 19.1 Å². The van der Waals surface area contributed by atoms with Crippen LogP contribution in [-0.2, 0) is 12.9 Å². The van der Waals surface area contributed by atoms with E-state index in [2.05, 4.69) is 31.2 Å². The highest BCUT2D eigenvalue weighted by molar-refractivity contribution is 5.92. The Morgan fingerprint density at radius 3 is 2.83 bits per heavy atom. The van der Waals surface area contributed by atoms with E-state index in [9.17, 15) is 9.59 Å². The van der Waals surface area contributed by atoms with Crippen molar-refractivity contribution in [3.8, 4) is 0 Å². The number of amides is 1. The molecule has 0 spiro atoms. The highest BCUT2D eigenvalue weighted by Gasteiger charge is 2.15. The quantitative estimate of drug-likeness (QED) is 0.682. The van der Waals surface area contributed by atoms with Gasteiger partial charge in [0.15, 0.2) is 0 Å². The first kappa shape index (κ1) is 18.7. The topological polar surface area (TPSA) is 91.0 Å². The molecule has 1 unspecified atom stereocenters. The van der Waals surface area contributed by atoms with Crippen molar-refractivity contribution < 1.29 is 6.17 Å². The van der Waals surface area contributed by atoms with Crippen molar-refractivity contribution in [3.63, 3.8) is 0 Å². The number of aryl methyl sites for hydroxylation is 1. The molecular weight excluding hydrogens is 378 g/mol. The van der Waals surface area contributed by atoms with E-state index in [-0.39, 0.29) is 11.5 Å². The first-order valence-corrected chi connectivity index (χ1v) is 10.1. The summed E-state index contributed by atoms with van der Waals surface area (Å²) in [6.45, 7) is 2.72. The van der Waals surface area contributed by atoms with Gasteiger partial charge in [-0.3, -0.25) is 24.5 Å². The fourth-order valence-corrected chi connectivity index (χ4v) is 3.59. The molecule has 1 aliphatic heterocycles. The summed E-state index contributed by atoms with van der Waals surface area (Å²) in [5, 5.41) is 2.57. The second-order valence-corrected chi connectivity index (χ2v) is 7.29. The number of aromatic nitrogens is 3. The number of nitrogens with zero attached hydrogens (tertiary/aromatic N) is 3. The third-order valence-electron chi connectivity index (χ3n) is 5.34. The highest BCUT2D eigenvalue weighted by Crippen LogP contribution is 2.23. The number of aromatic amines is 1. The standard InChI is InChI=1S/C23H25N5O2/c1-3-16-11-20-21(27-22(16)29)10-15(12-25-20)14-28-8-6-17(7-9-28)18-4-5-19(26-13-18)23(30)24-2/h4-6,10-13H,3,7-9,14H2,1-2H3,(H,24,30)(H,27,29)/i14D. The van der Waals surface area contributed by atoms with E-state index in [1.54, 1.807) is 25.5 Å². The fraction of sp³-hybridized carbons (Fsp3) is 0.304. The number of rotatable bonds is 5. The number of nitrogens with one attached hydrogen (secondary N) is 2. The van der Waals surface area contributed by atoms with Gasteiger partial charge in [-0.15, -0.1) is 0 Å². The van der Waals surface area contributed by atoms with E-state index in [4.69, 9.17) is 1.37 Å². The summed E-state index contributed by atoms with van der Waals surface area (Å²) in [4.78, 5) is 37.4. The lowest BCUT2D eigenvalue weighted by Gasteiger charge is -2.26. The zero-order valence-electron chi connectivity index (χ0n) is 18.1. The average molecular weight is 404 g/mol. The Morgan fingerprint density at radius 2 is 2.17 bits per heavy atom. The van der Waals surface area contributed by atoms with Crippen LogP contribution in [0.4, 0.5) is 0 Å². The van der Waals surface area contributed by atoms with Crippen molar-refractivity contribution in [2.24, 2.45) is 0 Å². The minimum absolute atomic E-state index is 0.0999. The number of H-pyrrole nitrogens is 1. The van der Waals surface area contributed by atoms with Gasteiger partial charge >= 0.3 is 0 Å². The Kier molecular flexibility index (Phi) is 5.35. The number of hydrogen-bond acceptors (Lipinski definition) is 5. The molecule has 0 saturated heterocycles. The van der Waals surface area contributed by atoms with E-state index in [1.807, 2.05) is 25.1 Å². The molecule has 0 aliphatic carbocycles. The molecular formula is C23H25N5O2. The van der Waals surface area contributed by atoms with Gasteiger partial charge in [0.05, 0.1) is 11.0 Å². The van der Waals surface area contributed by atoms with E-state index >= 15 is 0 Å². The van der Waals surface area contributed by atoms with Crippen molar-refractivity contribution in [1.29, 1.82) is 0 Å². The Balaban J connectivity index is 1.49. The molecule has 30 heavy (non-hydrogen) atoms. The summed E-state index contributed by atoms with van der Waals surface area (Å²) in [7, 11) is 1.58. The molecule has 154 valence electrons. The van der Waals surface area contributed by atoms with E-state index in [0.717, 1.165) is 35.2 Å². The second-order valence-electron chi connectivity index (χ2n) is 7.29. The normalized spacial score (nSPS) is 16.1. The predicted octanol–water partition coefficient (Wildman–Crippen LogP) is 2.53. The van der Waals surface area contributed by atoms with Crippen LogP contribution in [0.15, 0.2) is 47.5 Å². The van der Waals surface area contributed by atoms with Crippen molar-refractivity contribution in [3.05, 3.63) is 75.5 Å². The number of carbonyl (C=O) groups excluding carboxylic acids is 1. The van der Waals surface area contributed by atoms with Gasteiger partial charge in [-0.25, -0.2) is 0 Å². The average Bonchev–Trinajstić information content (AvgIpc) is 2.82. The molecule has 0 bridgehead atoms. The van der Waals surface area contributed by atoms with Crippen LogP contribution in [-0.4, -0.2) is 45.9 Å². The molecule has 7 nitrogen and oxygen atoms in total. The number of pyridine rings is 3. The maximum absolute atomic E-state index is 12.1. The van der Waals surface area contributed by atoms with Crippen LogP contribution in [0.1, 0.15) is 41.9 Å². The molecule has 4 rings (SSSR count). The smallest absolute Gasteiger partial charge is 0.269 e. The van der Waals surface area contributed by atoms with Gasteiger partial charge in [-0.05, 0) is 47.7 Å². The van der Waals surface area contributed by atoms with Crippen molar-refractivity contribution in [2.45, 2.75) is 26.3 Å². The van der Waals surface area contributed by atoms with Gasteiger partial charge in [0.1, 0.15) is 5.69 Å². The molecule has 2 N–H and O–H groups in total. The highest BCUT2D eigenvalue weighted by atomic mass is 16.1. The molecule has 0 radical (unpaired) electrons. The molecule has 3 aromatic rings. The lowest BCUT2D eigenvalue weighted by molar-refractivity contribution is 0.0958. The van der Waals surface area contributed by atoms with Crippen molar-refractivity contribution in [2.75, 3.05) is 20.1 Å². The lowest BCUT2D eigenvalue weighted by atomic mass is 10.0. The third-order valence-corrected chi connectivity index (χ3v) is 5.34. The molecule has 4 heterocycles. The van der Waals surface area contributed by atoms with E-state index in [1.165, 1.54) is 0 Å². The second kappa shape index (κ2) is 8.59. The Bertz CT molecular complexity index is 1200. The van der Waals surface area contributed by atoms with Crippen LogP contribution < -0.4 is 10.9 Å².